The van der Waals surface area contributed by atoms with E-state index in [0.29, 0.717) is 12.8 Å². The fraction of sp³-hybridized carbons (Fsp3) is 0.440. The molecular weight excluding hydrogens is 406 g/mol. The number of ketones is 1. The van der Waals surface area contributed by atoms with Gasteiger partial charge in [-0.05, 0) is 21.8 Å². The summed E-state index contributed by atoms with van der Waals surface area (Å²) >= 11 is 0. The lowest BCUT2D eigenvalue weighted by molar-refractivity contribution is -0.122. The molecule has 0 saturated carbocycles. The average Bonchev–Trinajstić information content (AvgIpc) is 2.72. The van der Waals surface area contributed by atoms with Crippen molar-refractivity contribution < 1.29 is 18.8 Å². The Labute approximate surface area is 187 Å². The van der Waals surface area contributed by atoms with Crippen LogP contribution in [-0.2, 0) is 14.0 Å². The van der Waals surface area contributed by atoms with E-state index >= 15 is 0 Å². The molecule has 6 heteroatoms. The van der Waals surface area contributed by atoms with Gasteiger partial charge in [-0.15, -0.1) is 0 Å². The van der Waals surface area contributed by atoms with Crippen LogP contribution >= 0.6 is 0 Å². The van der Waals surface area contributed by atoms with Crippen LogP contribution in [0.5, 0.6) is 0 Å². The number of rotatable bonds is 10. The summed E-state index contributed by atoms with van der Waals surface area (Å²) in [4.78, 5) is 23.7. The predicted molar refractivity (Wildman–Crippen MR) is 127 cm³/mol. The van der Waals surface area contributed by atoms with E-state index in [-0.39, 0.29) is 23.3 Å². The first-order valence-electron chi connectivity index (χ1n) is 10.8. The van der Waals surface area contributed by atoms with E-state index in [1.807, 2.05) is 50.2 Å². The molecule has 2 aromatic carbocycles. The summed E-state index contributed by atoms with van der Waals surface area (Å²) in [6, 6.07) is 20.5. The molecule has 2 rings (SSSR count). The van der Waals surface area contributed by atoms with Gasteiger partial charge in [0.1, 0.15) is 11.9 Å². The van der Waals surface area contributed by atoms with E-state index in [9.17, 15) is 9.59 Å². The zero-order valence-corrected chi connectivity index (χ0v) is 20.3. The molecule has 0 fully saturated rings. The maximum absolute atomic E-state index is 12.1. The van der Waals surface area contributed by atoms with E-state index in [1.165, 1.54) is 0 Å². The molecule has 0 aliphatic rings. The monoisotopic (exact) mass is 441 g/mol. The van der Waals surface area contributed by atoms with Crippen molar-refractivity contribution in [1.29, 1.82) is 0 Å². The largest absolute Gasteiger partial charge is 0.444 e. The minimum Gasteiger partial charge on any atom is -0.444 e. The Hall–Kier alpha value is -2.44. The maximum atomic E-state index is 12.1. The zero-order chi connectivity index (χ0) is 23.1. The minimum atomic E-state index is -2.76. The number of nitrogens with two attached hydrogens (primary N) is 1. The predicted octanol–water partition coefficient (Wildman–Crippen LogP) is 4.03. The van der Waals surface area contributed by atoms with Crippen LogP contribution in [0.25, 0.3) is 0 Å². The van der Waals surface area contributed by atoms with E-state index in [1.54, 1.807) is 0 Å². The molecule has 31 heavy (non-hydrogen) atoms. The van der Waals surface area contributed by atoms with Crippen molar-refractivity contribution in [2.75, 3.05) is 6.61 Å². The molecular formula is C25H35NO4Si. The van der Waals surface area contributed by atoms with Gasteiger partial charge >= 0.3 is 6.09 Å². The Morgan fingerprint density at radius 2 is 1.42 bits per heavy atom. The summed E-state index contributed by atoms with van der Waals surface area (Å²) in [5.74, 6) is 0.0651. The lowest BCUT2D eigenvalue weighted by Crippen LogP contribution is -2.67. The number of carbonyl (C=O) groups is 2. The Morgan fingerprint density at radius 1 is 0.935 bits per heavy atom. The highest BCUT2D eigenvalue weighted by molar-refractivity contribution is 6.99. The molecule has 0 aromatic heterocycles. The quantitative estimate of drug-likeness (QED) is 0.565. The second kappa shape index (κ2) is 10.7. The first kappa shape index (κ1) is 24.8. The molecule has 168 valence electrons. The Bertz CT molecular complexity index is 807. The molecule has 1 atom stereocenters. The van der Waals surface area contributed by atoms with Crippen LogP contribution in [0.3, 0.4) is 0 Å². The van der Waals surface area contributed by atoms with Crippen LogP contribution in [0.2, 0.25) is 5.04 Å². The molecule has 0 radical (unpaired) electrons. The number of amides is 1. The topological polar surface area (TPSA) is 78.6 Å². The van der Waals surface area contributed by atoms with E-state index in [4.69, 9.17) is 14.9 Å². The van der Waals surface area contributed by atoms with Gasteiger partial charge in [0.05, 0.1) is 6.61 Å². The summed E-state index contributed by atoms with van der Waals surface area (Å²) in [7, 11) is -2.76. The first-order chi connectivity index (χ1) is 14.6. The number of carbonyl (C=O) groups excluding carboxylic acids is 2. The molecule has 5 nitrogen and oxygen atoms in total. The molecule has 0 aliphatic carbocycles. The average molecular weight is 442 g/mol. The molecule has 0 aliphatic heterocycles. The summed E-state index contributed by atoms with van der Waals surface area (Å²) in [6.07, 6.45) is -0.729. The highest BCUT2D eigenvalue weighted by Crippen LogP contribution is 2.37. The lowest BCUT2D eigenvalue weighted by atomic mass is 10.0. The SMILES string of the molecule is CC(C)C(=O)CC[C@@H](CO[Si](c1ccccc1)(c1ccccc1)C(C)(C)C)OC(N)=O. The normalized spacial score (nSPS) is 13.1. The third kappa shape index (κ3) is 6.28. The van der Waals surface area contributed by atoms with Gasteiger partial charge in [0, 0.05) is 12.3 Å². The van der Waals surface area contributed by atoms with Gasteiger partial charge in [0.2, 0.25) is 0 Å². The second-order valence-electron chi connectivity index (χ2n) is 9.19. The fourth-order valence-electron chi connectivity index (χ4n) is 3.91. The van der Waals surface area contributed by atoms with E-state index in [2.05, 4.69) is 45.0 Å². The number of benzene rings is 2. The molecule has 0 unspecified atom stereocenters. The van der Waals surface area contributed by atoms with Crippen molar-refractivity contribution in [2.24, 2.45) is 11.7 Å². The molecule has 0 heterocycles. The number of ether oxygens (including phenoxy) is 1. The number of primary amides is 1. The zero-order valence-electron chi connectivity index (χ0n) is 19.3. The lowest BCUT2D eigenvalue weighted by Gasteiger charge is -2.43. The van der Waals surface area contributed by atoms with E-state index in [0.717, 1.165) is 10.4 Å². The molecule has 2 N–H and O–H groups in total. The van der Waals surface area contributed by atoms with Crippen molar-refractivity contribution in [2.45, 2.75) is 58.6 Å². The van der Waals surface area contributed by atoms with E-state index < -0.39 is 20.5 Å². The van der Waals surface area contributed by atoms with Crippen LogP contribution in [0.4, 0.5) is 4.79 Å². The third-order valence-electron chi connectivity index (χ3n) is 5.54. The van der Waals surface area contributed by atoms with Crippen LogP contribution in [0.15, 0.2) is 60.7 Å². The van der Waals surface area contributed by atoms with Crippen LogP contribution < -0.4 is 16.1 Å². The Morgan fingerprint density at radius 3 is 1.81 bits per heavy atom. The number of hydrogen-bond donors (Lipinski definition) is 1. The third-order valence-corrected chi connectivity index (χ3v) is 10.5. The summed E-state index contributed by atoms with van der Waals surface area (Å²) in [5.41, 5.74) is 5.32. The van der Waals surface area contributed by atoms with Crippen LogP contribution in [-0.4, -0.2) is 32.9 Å². The summed E-state index contributed by atoms with van der Waals surface area (Å²) in [5, 5.41) is 2.09. The van der Waals surface area contributed by atoms with Crippen LogP contribution in [0, 0.1) is 5.92 Å². The van der Waals surface area contributed by atoms with Crippen molar-refractivity contribution in [3.8, 4) is 0 Å². The smallest absolute Gasteiger partial charge is 0.404 e. The Balaban J connectivity index is 2.42. The minimum absolute atomic E-state index is 0.0631. The summed E-state index contributed by atoms with van der Waals surface area (Å²) < 4.78 is 12.2. The molecule has 0 saturated heterocycles. The fourth-order valence-corrected chi connectivity index (χ4v) is 8.50. The van der Waals surface area contributed by atoms with Gasteiger partial charge in [-0.3, -0.25) is 4.79 Å². The first-order valence-corrected chi connectivity index (χ1v) is 12.7. The number of Topliss-reactive ketones (excluding diaryl/α,β-unsaturated/α-hetero) is 1. The standard InChI is InChI=1S/C25H35NO4Si/c1-19(2)23(27)17-16-20(30-24(26)28)18-29-31(25(3,4)5,21-12-8-6-9-13-21)22-14-10-7-11-15-22/h6-15,19-20H,16-18H2,1-5H3,(H2,26,28)/t20-/m0/s1. The molecule has 0 spiro atoms. The van der Waals surface area contributed by atoms with Gasteiger partial charge in [0.25, 0.3) is 8.32 Å². The van der Waals surface area contributed by atoms with Gasteiger partial charge in [-0.25, -0.2) is 4.79 Å². The second-order valence-corrected chi connectivity index (χ2v) is 13.5. The Kier molecular flexibility index (Phi) is 8.59. The van der Waals surface area contributed by atoms with Crippen molar-refractivity contribution in [1.82, 2.24) is 0 Å². The van der Waals surface area contributed by atoms with Crippen molar-refractivity contribution in [3.05, 3.63) is 60.7 Å². The van der Waals surface area contributed by atoms with Gasteiger partial charge < -0.3 is 14.9 Å². The summed E-state index contributed by atoms with van der Waals surface area (Å²) in [6.45, 7) is 10.5. The van der Waals surface area contributed by atoms with Crippen molar-refractivity contribution >= 4 is 30.6 Å². The van der Waals surface area contributed by atoms with Gasteiger partial charge in [0.15, 0.2) is 0 Å². The van der Waals surface area contributed by atoms with Crippen molar-refractivity contribution in [3.63, 3.8) is 0 Å². The maximum Gasteiger partial charge on any atom is 0.404 e. The number of hydrogen-bond acceptors (Lipinski definition) is 4. The highest BCUT2D eigenvalue weighted by atomic mass is 28.4. The van der Waals surface area contributed by atoms with Gasteiger partial charge in [-0.2, -0.15) is 0 Å². The van der Waals surface area contributed by atoms with Gasteiger partial charge in [-0.1, -0.05) is 95.3 Å². The molecule has 1 amide bonds. The molecule has 2 aromatic rings. The highest BCUT2D eigenvalue weighted by Gasteiger charge is 2.50. The molecule has 0 bridgehead atoms. The van der Waals surface area contributed by atoms with Crippen LogP contribution in [0.1, 0.15) is 47.5 Å².